The van der Waals surface area contributed by atoms with Crippen LogP contribution >= 0.6 is 0 Å². The van der Waals surface area contributed by atoms with Crippen molar-refractivity contribution in [3.8, 4) is 11.1 Å². The number of rotatable bonds is 9. The smallest absolute Gasteiger partial charge is 0.407 e. The van der Waals surface area contributed by atoms with Crippen molar-refractivity contribution in [2.75, 3.05) is 13.2 Å². The molecule has 2 atom stereocenters. The van der Waals surface area contributed by atoms with E-state index in [4.69, 9.17) is 10.3 Å². The first kappa shape index (κ1) is 21.2. The van der Waals surface area contributed by atoms with Crippen LogP contribution in [-0.2, 0) is 9.53 Å². The van der Waals surface area contributed by atoms with Gasteiger partial charge in [0.25, 0.3) is 0 Å². The minimum atomic E-state index is -1.24. The van der Waals surface area contributed by atoms with Crippen molar-refractivity contribution in [2.24, 2.45) is 5.11 Å². The highest BCUT2D eigenvalue weighted by molar-refractivity contribution is 5.81. The molecule has 30 heavy (non-hydrogen) atoms. The molecule has 0 spiro atoms. The topological polar surface area (TPSA) is 145 Å². The van der Waals surface area contributed by atoms with Crippen LogP contribution in [0.15, 0.2) is 53.6 Å². The quantitative estimate of drug-likeness (QED) is 0.329. The number of hydrogen-bond acceptors (Lipinski definition) is 5. The number of alkyl carbamates (subject to hydrolysis) is 1. The van der Waals surface area contributed by atoms with E-state index in [9.17, 15) is 19.8 Å². The van der Waals surface area contributed by atoms with Crippen molar-refractivity contribution < 1.29 is 24.5 Å². The molecular weight excluding hydrogens is 388 g/mol. The fourth-order valence-electron chi connectivity index (χ4n) is 3.62. The number of hydrogen-bond donors (Lipinski definition) is 3. The Hall–Kier alpha value is -3.55. The number of ether oxygens (including phenoxy) is 1. The van der Waals surface area contributed by atoms with Crippen molar-refractivity contribution in [1.29, 1.82) is 0 Å². The lowest BCUT2D eigenvalue weighted by molar-refractivity contribution is -0.139. The molecule has 9 heteroatoms. The predicted molar refractivity (Wildman–Crippen MR) is 109 cm³/mol. The zero-order chi connectivity index (χ0) is 21.5. The highest BCUT2D eigenvalue weighted by atomic mass is 16.5. The van der Waals surface area contributed by atoms with Gasteiger partial charge in [0.15, 0.2) is 0 Å². The van der Waals surface area contributed by atoms with E-state index in [1.807, 2.05) is 48.5 Å². The van der Waals surface area contributed by atoms with Crippen LogP contribution in [0.4, 0.5) is 4.79 Å². The zero-order valence-corrected chi connectivity index (χ0v) is 16.1. The second kappa shape index (κ2) is 9.78. The van der Waals surface area contributed by atoms with Gasteiger partial charge in [-0.05, 0) is 40.6 Å². The van der Waals surface area contributed by atoms with Crippen LogP contribution < -0.4 is 5.32 Å². The molecule has 2 aromatic carbocycles. The summed E-state index contributed by atoms with van der Waals surface area (Å²) in [7, 11) is 0. The second-order valence-corrected chi connectivity index (χ2v) is 7.01. The lowest BCUT2D eigenvalue weighted by Crippen LogP contribution is -2.42. The molecule has 3 rings (SSSR count). The average Bonchev–Trinajstić information content (AvgIpc) is 3.07. The van der Waals surface area contributed by atoms with Gasteiger partial charge in [0, 0.05) is 10.8 Å². The molecule has 0 heterocycles. The number of benzene rings is 2. The molecule has 0 aliphatic heterocycles. The number of aliphatic hydroxyl groups excluding tert-OH is 1. The van der Waals surface area contributed by atoms with Crippen molar-refractivity contribution in [2.45, 2.75) is 30.9 Å². The van der Waals surface area contributed by atoms with Crippen molar-refractivity contribution >= 4 is 12.1 Å². The van der Waals surface area contributed by atoms with Gasteiger partial charge in [-0.25, -0.2) is 9.59 Å². The number of azide groups is 1. The molecule has 0 aromatic heterocycles. The molecule has 1 aliphatic carbocycles. The van der Waals surface area contributed by atoms with E-state index >= 15 is 0 Å². The van der Waals surface area contributed by atoms with E-state index in [1.165, 1.54) is 0 Å². The molecule has 0 saturated carbocycles. The molecule has 0 unspecified atom stereocenters. The van der Waals surface area contributed by atoms with Crippen molar-refractivity contribution in [1.82, 2.24) is 5.32 Å². The van der Waals surface area contributed by atoms with Gasteiger partial charge in [-0.15, -0.1) is 0 Å². The van der Waals surface area contributed by atoms with Crippen LogP contribution in [0, 0.1) is 0 Å². The van der Waals surface area contributed by atoms with Gasteiger partial charge < -0.3 is 20.3 Å². The standard InChI is InChI=1S/C21H22N4O5/c22-25-23-11-13(26)9-10-19(20(27)28)24-21(29)30-12-18-16-7-3-1-5-14(16)15-6-2-4-8-17(15)18/h1-8,13,18-19,26H,9-12H2,(H,24,29)(H,27,28)/t13-,19+/m1/s1. The van der Waals surface area contributed by atoms with Crippen LogP contribution in [0.2, 0.25) is 0 Å². The third-order valence-corrected chi connectivity index (χ3v) is 5.08. The number of nitrogens with zero attached hydrogens (tertiary/aromatic N) is 3. The summed E-state index contributed by atoms with van der Waals surface area (Å²) in [5, 5.41) is 24.6. The molecule has 2 aromatic rings. The van der Waals surface area contributed by atoms with Gasteiger partial charge in [0.1, 0.15) is 12.6 Å². The number of carboxylic acids is 1. The summed E-state index contributed by atoms with van der Waals surface area (Å²) < 4.78 is 5.35. The monoisotopic (exact) mass is 410 g/mol. The van der Waals surface area contributed by atoms with Crippen LogP contribution in [0.3, 0.4) is 0 Å². The first-order valence-electron chi connectivity index (χ1n) is 9.54. The summed E-state index contributed by atoms with van der Waals surface area (Å²) in [5.74, 6) is -1.36. The van der Waals surface area contributed by atoms with Crippen LogP contribution in [0.1, 0.15) is 29.9 Å². The first-order valence-corrected chi connectivity index (χ1v) is 9.54. The highest BCUT2D eigenvalue weighted by Gasteiger charge is 2.29. The molecule has 0 saturated heterocycles. The Labute approximate surface area is 172 Å². The number of carbonyl (C=O) groups excluding carboxylic acids is 1. The second-order valence-electron chi connectivity index (χ2n) is 7.01. The molecule has 3 N–H and O–H groups in total. The number of carboxylic acid groups (broad SMARTS) is 1. The lowest BCUT2D eigenvalue weighted by atomic mass is 9.98. The Morgan fingerprint density at radius 3 is 2.27 bits per heavy atom. The first-order chi connectivity index (χ1) is 14.5. The molecule has 0 bridgehead atoms. The highest BCUT2D eigenvalue weighted by Crippen LogP contribution is 2.44. The summed E-state index contributed by atoms with van der Waals surface area (Å²) in [6.07, 6.45) is -1.79. The fourth-order valence-corrected chi connectivity index (χ4v) is 3.62. The number of aliphatic carboxylic acids is 1. The van der Waals surface area contributed by atoms with Crippen molar-refractivity contribution in [3.05, 3.63) is 70.1 Å². The van der Waals surface area contributed by atoms with Gasteiger partial charge in [-0.1, -0.05) is 53.6 Å². The lowest BCUT2D eigenvalue weighted by Gasteiger charge is -2.18. The zero-order valence-electron chi connectivity index (χ0n) is 16.1. The van der Waals surface area contributed by atoms with E-state index in [0.717, 1.165) is 22.3 Å². The summed E-state index contributed by atoms with van der Waals surface area (Å²) in [6.45, 7) is -0.0838. The van der Waals surface area contributed by atoms with E-state index in [1.54, 1.807) is 0 Å². The van der Waals surface area contributed by atoms with E-state index in [0.29, 0.717) is 0 Å². The van der Waals surface area contributed by atoms with Gasteiger partial charge >= 0.3 is 12.1 Å². The maximum atomic E-state index is 12.2. The molecule has 156 valence electrons. The predicted octanol–water partition coefficient (Wildman–Crippen LogP) is 3.43. The largest absolute Gasteiger partial charge is 0.480 e. The minimum absolute atomic E-state index is 0.0261. The fraction of sp³-hybridized carbons (Fsp3) is 0.333. The van der Waals surface area contributed by atoms with Crippen LogP contribution in [-0.4, -0.2) is 47.6 Å². The van der Waals surface area contributed by atoms with Crippen molar-refractivity contribution in [3.63, 3.8) is 0 Å². The van der Waals surface area contributed by atoms with Crippen LogP contribution in [0.5, 0.6) is 0 Å². The van der Waals surface area contributed by atoms with E-state index < -0.39 is 24.2 Å². The molecule has 9 nitrogen and oxygen atoms in total. The Morgan fingerprint density at radius 2 is 1.70 bits per heavy atom. The third kappa shape index (κ3) is 4.89. The number of nitrogens with one attached hydrogen (secondary N) is 1. The van der Waals surface area contributed by atoms with Crippen LogP contribution in [0.25, 0.3) is 21.6 Å². The molecular formula is C21H22N4O5. The summed E-state index contributed by atoms with van der Waals surface area (Å²) in [6, 6.07) is 14.6. The molecule has 1 aliphatic rings. The Balaban J connectivity index is 1.59. The summed E-state index contributed by atoms with van der Waals surface area (Å²) in [4.78, 5) is 26.2. The van der Waals surface area contributed by atoms with E-state index in [2.05, 4.69) is 15.3 Å². The van der Waals surface area contributed by atoms with Gasteiger partial charge in [0.05, 0.1) is 12.6 Å². The van der Waals surface area contributed by atoms with Gasteiger partial charge in [-0.3, -0.25) is 0 Å². The SMILES string of the molecule is [N-]=[N+]=NC[C@H](O)CC[C@H](NC(=O)OCC1c2ccccc2-c2ccccc21)C(=O)O. The normalized spacial score (nSPS) is 14.0. The minimum Gasteiger partial charge on any atom is -0.480 e. The maximum Gasteiger partial charge on any atom is 0.407 e. The Bertz CT molecular complexity index is 928. The number of amides is 1. The summed E-state index contributed by atoms with van der Waals surface area (Å²) in [5.41, 5.74) is 12.6. The summed E-state index contributed by atoms with van der Waals surface area (Å²) >= 11 is 0. The Kier molecular flexibility index (Phi) is 6.90. The van der Waals surface area contributed by atoms with E-state index in [-0.39, 0.29) is 31.9 Å². The number of aliphatic hydroxyl groups is 1. The van der Waals surface area contributed by atoms with Gasteiger partial charge in [0.2, 0.25) is 0 Å². The Morgan fingerprint density at radius 1 is 1.10 bits per heavy atom. The maximum absolute atomic E-state index is 12.2. The average molecular weight is 410 g/mol. The number of fused-ring (bicyclic) bond motifs is 3. The third-order valence-electron chi connectivity index (χ3n) is 5.08. The van der Waals surface area contributed by atoms with Gasteiger partial charge in [-0.2, -0.15) is 0 Å². The molecule has 0 radical (unpaired) electrons. The molecule has 1 amide bonds. The molecule has 0 fully saturated rings. The number of carbonyl (C=O) groups is 2.